The molecule has 0 amide bonds. The number of rotatable bonds is 2. The molecule has 0 aliphatic rings. The van der Waals surface area contributed by atoms with E-state index in [4.69, 9.17) is 15.8 Å². The topological polar surface area (TPSA) is 9.23 Å². The fourth-order valence-corrected chi connectivity index (χ4v) is 3.56. The molecule has 1 unspecified atom stereocenters. The van der Waals surface area contributed by atoms with Gasteiger partial charge in [0.1, 0.15) is 5.75 Å². The molecule has 0 aliphatic heterocycles. The minimum Gasteiger partial charge on any atom is -0.497 e. The van der Waals surface area contributed by atoms with Crippen LogP contribution in [0.1, 0.15) is 20.8 Å². The van der Waals surface area contributed by atoms with Gasteiger partial charge in [-0.1, -0.05) is 39.0 Å². The molecule has 0 aliphatic carbocycles. The van der Waals surface area contributed by atoms with Crippen LogP contribution in [0.2, 0.25) is 5.04 Å². The molecule has 1 rings (SSSR count). The largest absolute Gasteiger partial charge is 0.497 e. The molecule has 0 heterocycles. The molecule has 0 bridgehead atoms. The first-order chi connectivity index (χ1) is 6.46. The maximum atomic E-state index is 6.53. The van der Waals surface area contributed by atoms with Gasteiger partial charge in [-0.25, -0.2) is 0 Å². The van der Waals surface area contributed by atoms with Crippen molar-refractivity contribution < 1.29 is 4.74 Å². The minimum absolute atomic E-state index is 0.177. The summed E-state index contributed by atoms with van der Waals surface area (Å²) in [6, 6.07) is 8.05. The van der Waals surface area contributed by atoms with Crippen molar-refractivity contribution in [2.24, 2.45) is 0 Å². The zero-order valence-corrected chi connectivity index (χ0v) is 11.1. The van der Waals surface area contributed by atoms with E-state index in [1.807, 2.05) is 18.2 Å². The summed E-state index contributed by atoms with van der Waals surface area (Å²) < 4.78 is 5.31. The van der Waals surface area contributed by atoms with Crippen molar-refractivity contribution in [1.29, 1.82) is 0 Å². The molecule has 0 aromatic heterocycles. The van der Waals surface area contributed by atoms with Crippen LogP contribution in [0.3, 0.4) is 0 Å². The Hall–Kier alpha value is -0.473. The summed E-state index contributed by atoms with van der Waals surface area (Å²) in [6.07, 6.45) is 0. The van der Waals surface area contributed by atoms with Gasteiger partial charge >= 0.3 is 0 Å². The predicted octanol–water partition coefficient (Wildman–Crippen LogP) is 2.66. The second-order valence-electron chi connectivity index (χ2n) is 4.47. The van der Waals surface area contributed by atoms with E-state index < -0.39 is 8.11 Å². The van der Waals surface area contributed by atoms with Gasteiger partial charge in [-0.3, -0.25) is 0 Å². The van der Waals surface area contributed by atoms with Crippen molar-refractivity contribution >= 4 is 24.4 Å². The Labute approximate surface area is 92.4 Å². The van der Waals surface area contributed by atoms with E-state index in [0.29, 0.717) is 0 Å². The van der Waals surface area contributed by atoms with Crippen molar-refractivity contribution in [3.8, 4) is 5.75 Å². The summed E-state index contributed by atoms with van der Waals surface area (Å²) in [5.74, 6) is 0.925. The summed E-state index contributed by atoms with van der Waals surface area (Å²) in [5.41, 5.74) is 0. The van der Waals surface area contributed by atoms with Crippen molar-refractivity contribution in [2.75, 3.05) is 7.11 Å². The van der Waals surface area contributed by atoms with Crippen molar-refractivity contribution in [3.63, 3.8) is 0 Å². The molecular formula is C11H17ClOSi. The molecule has 0 fully saturated rings. The number of hydrogen-bond donors (Lipinski definition) is 0. The normalized spacial score (nSPS) is 13.8. The number of halogens is 1. The van der Waals surface area contributed by atoms with Crippen LogP contribution in [0, 0.1) is 0 Å². The predicted molar refractivity (Wildman–Crippen MR) is 65.3 cm³/mol. The average molecular weight is 229 g/mol. The zero-order valence-electron chi connectivity index (χ0n) is 9.17. The summed E-state index contributed by atoms with van der Waals surface area (Å²) in [4.78, 5) is 0. The van der Waals surface area contributed by atoms with E-state index in [1.165, 1.54) is 5.19 Å². The third kappa shape index (κ3) is 2.52. The molecule has 1 aromatic carbocycles. The molecule has 78 valence electrons. The Kier molecular flexibility index (Phi) is 3.62. The van der Waals surface area contributed by atoms with Gasteiger partial charge in [0.15, 0.2) is 8.11 Å². The molecule has 0 spiro atoms. The molecule has 0 radical (unpaired) electrons. The lowest BCUT2D eigenvalue weighted by atomic mass is 10.2. The maximum absolute atomic E-state index is 6.53. The number of hydrogen-bond acceptors (Lipinski definition) is 1. The van der Waals surface area contributed by atoms with Gasteiger partial charge in [0, 0.05) is 0 Å². The monoisotopic (exact) mass is 228 g/mol. The summed E-state index contributed by atoms with van der Waals surface area (Å²) in [5, 5.41) is 1.38. The third-order valence-electron chi connectivity index (χ3n) is 2.17. The van der Waals surface area contributed by atoms with Gasteiger partial charge in [-0.05, 0) is 16.3 Å². The van der Waals surface area contributed by atoms with Gasteiger partial charge in [0.05, 0.1) is 7.11 Å². The Balaban J connectivity index is 3.06. The Morgan fingerprint density at radius 3 is 2.29 bits per heavy atom. The quantitative estimate of drug-likeness (QED) is 0.559. The molecule has 1 aromatic rings. The lowest BCUT2D eigenvalue weighted by molar-refractivity contribution is 0.418. The van der Waals surface area contributed by atoms with Gasteiger partial charge in [0.25, 0.3) is 0 Å². The highest BCUT2D eigenvalue weighted by Gasteiger charge is 2.28. The Morgan fingerprint density at radius 2 is 1.79 bits per heavy atom. The Bertz CT molecular complexity index is 306. The average Bonchev–Trinajstić information content (AvgIpc) is 2.15. The summed E-state index contributed by atoms with van der Waals surface area (Å²) in [6.45, 7) is 6.55. The molecule has 0 saturated carbocycles. The van der Waals surface area contributed by atoms with Crippen LogP contribution >= 0.6 is 11.1 Å². The second-order valence-corrected chi connectivity index (χ2v) is 8.86. The maximum Gasteiger partial charge on any atom is 0.181 e. The third-order valence-corrected chi connectivity index (χ3v) is 7.39. The fourth-order valence-electron chi connectivity index (χ4n) is 1.34. The van der Waals surface area contributed by atoms with Gasteiger partial charge in [0.2, 0.25) is 0 Å². The number of para-hydroxylation sites is 1. The zero-order chi connectivity index (χ0) is 10.8. The fraction of sp³-hybridized carbons (Fsp3) is 0.455. The second kappa shape index (κ2) is 4.37. The first kappa shape index (κ1) is 11.6. The van der Waals surface area contributed by atoms with Crippen LogP contribution < -0.4 is 9.92 Å². The van der Waals surface area contributed by atoms with Crippen LogP contribution in [0.15, 0.2) is 24.3 Å². The number of methoxy groups -OCH3 is 1. The van der Waals surface area contributed by atoms with Crippen LogP contribution in [-0.2, 0) is 0 Å². The molecule has 1 atom stereocenters. The van der Waals surface area contributed by atoms with Gasteiger partial charge < -0.3 is 4.74 Å². The minimum atomic E-state index is -1.46. The summed E-state index contributed by atoms with van der Waals surface area (Å²) in [7, 11) is 0.235. The van der Waals surface area contributed by atoms with Crippen LogP contribution in [0.5, 0.6) is 5.75 Å². The molecule has 0 N–H and O–H groups in total. The highest BCUT2D eigenvalue weighted by molar-refractivity contribution is 7.16. The molecule has 14 heavy (non-hydrogen) atoms. The van der Waals surface area contributed by atoms with E-state index in [9.17, 15) is 0 Å². The van der Waals surface area contributed by atoms with E-state index >= 15 is 0 Å². The first-order valence-electron chi connectivity index (χ1n) is 4.74. The SMILES string of the molecule is COc1ccccc1[SiH](Cl)C(C)(C)C. The summed E-state index contributed by atoms with van der Waals surface area (Å²) >= 11 is 6.53. The van der Waals surface area contributed by atoms with Crippen LogP contribution in [0.25, 0.3) is 0 Å². The van der Waals surface area contributed by atoms with Crippen molar-refractivity contribution in [1.82, 2.24) is 0 Å². The van der Waals surface area contributed by atoms with Gasteiger partial charge in [-0.15, -0.1) is 0 Å². The molecular weight excluding hydrogens is 212 g/mol. The standard InChI is InChI=1S/C11H17ClOSi/c1-11(2,3)14(12)10-8-6-5-7-9(10)13-4/h5-8,14H,1-4H3. The lowest BCUT2D eigenvalue weighted by Crippen LogP contribution is -2.34. The Morgan fingerprint density at radius 1 is 1.21 bits per heavy atom. The van der Waals surface area contributed by atoms with Gasteiger partial charge in [-0.2, -0.15) is 11.1 Å². The highest BCUT2D eigenvalue weighted by atomic mass is 35.6. The van der Waals surface area contributed by atoms with Crippen molar-refractivity contribution in [2.45, 2.75) is 25.8 Å². The van der Waals surface area contributed by atoms with Crippen LogP contribution in [0.4, 0.5) is 0 Å². The molecule has 0 saturated heterocycles. The first-order valence-corrected chi connectivity index (χ1v) is 7.64. The highest BCUT2D eigenvalue weighted by Crippen LogP contribution is 2.30. The van der Waals surface area contributed by atoms with Crippen molar-refractivity contribution in [3.05, 3.63) is 24.3 Å². The molecule has 1 nitrogen and oxygen atoms in total. The molecule has 3 heteroatoms. The van der Waals surface area contributed by atoms with E-state index in [1.54, 1.807) is 7.11 Å². The van der Waals surface area contributed by atoms with E-state index in [-0.39, 0.29) is 5.04 Å². The number of benzene rings is 1. The number of ether oxygens (including phenoxy) is 1. The smallest absolute Gasteiger partial charge is 0.181 e. The lowest BCUT2D eigenvalue weighted by Gasteiger charge is -2.24. The van der Waals surface area contributed by atoms with Crippen LogP contribution in [-0.4, -0.2) is 15.2 Å². The van der Waals surface area contributed by atoms with E-state index in [0.717, 1.165) is 5.75 Å². The van der Waals surface area contributed by atoms with E-state index in [2.05, 4.69) is 26.8 Å².